The van der Waals surface area contributed by atoms with Crippen LogP contribution < -0.4 is 5.32 Å². The molecule has 2 N–H and O–H groups in total. The second kappa shape index (κ2) is 6.54. The predicted molar refractivity (Wildman–Crippen MR) is 76.5 cm³/mol. The average Bonchev–Trinajstić information content (AvgIpc) is 2.78. The molecule has 112 valence electrons. The lowest BCUT2D eigenvalue weighted by molar-refractivity contribution is 0.0942. The van der Waals surface area contributed by atoms with Crippen LogP contribution >= 0.6 is 0 Å². The minimum absolute atomic E-state index is 0.290. The van der Waals surface area contributed by atoms with Crippen LogP contribution in [-0.2, 0) is 0 Å². The largest absolute Gasteiger partial charge is 0.466 e. The van der Waals surface area contributed by atoms with Crippen LogP contribution in [0, 0.1) is 19.7 Å². The van der Waals surface area contributed by atoms with E-state index in [0.717, 1.165) is 11.3 Å². The topological polar surface area (TPSA) is 62.5 Å². The third-order valence-corrected chi connectivity index (χ3v) is 3.25. The van der Waals surface area contributed by atoms with Crippen molar-refractivity contribution < 1.29 is 18.7 Å². The van der Waals surface area contributed by atoms with E-state index in [4.69, 9.17) is 4.42 Å². The van der Waals surface area contributed by atoms with Crippen LogP contribution in [-0.4, -0.2) is 17.6 Å². The number of furan rings is 1. The van der Waals surface area contributed by atoms with Gasteiger partial charge in [-0.15, -0.1) is 0 Å². The molecule has 0 bridgehead atoms. The van der Waals surface area contributed by atoms with Crippen molar-refractivity contribution in [3.05, 3.63) is 58.8 Å². The summed E-state index contributed by atoms with van der Waals surface area (Å²) in [7, 11) is 0. The maximum absolute atomic E-state index is 12.8. The Hall–Kier alpha value is -2.14. The molecule has 1 heterocycles. The molecule has 1 aromatic heterocycles. The Balaban J connectivity index is 1.85. The Morgan fingerprint density at radius 2 is 2.00 bits per heavy atom. The van der Waals surface area contributed by atoms with Gasteiger partial charge in [-0.05, 0) is 50.6 Å². The summed E-state index contributed by atoms with van der Waals surface area (Å²) in [6.45, 7) is 3.93. The molecular formula is C16H18FNO3. The fraction of sp³-hybridized carbons (Fsp3) is 0.312. The zero-order chi connectivity index (χ0) is 15.4. The van der Waals surface area contributed by atoms with Crippen molar-refractivity contribution >= 4 is 5.91 Å². The van der Waals surface area contributed by atoms with E-state index >= 15 is 0 Å². The quantitative estimate of drug-likeness (QED) is 0.890. The number of amides is 1. The predicted octanol–water partition coefficient (Wildman–Crippen LogP) is 2.89. The summed E-state index contributed by atoms with van der Waals surface area (Å²) in [4.78, 5) is 11.8. The highest BCUT2D eigenvalue weighted by molar-refractivity contribution is 5.94. The normalized spacial score (nSPS) is 12.2. The van der Waals surface area contributed by atoms with Crippen molar-refractivity contribution in [3.8, 4) is 0 Å². The van der Waals surface area contributed by atoms with Crippen molar-refractivity contribution in [2.24, 2.45) is 0 Å². The average molecular weight is 291 g/mol. The summed E-state index contributed by atoms with van der Waals surface area (Å²) in [6.07, 6.45) is -0.303. The van der Waals surface area contributed by atoms with E-state index in [0.29, 0.717) is 24.3 Å². The first-order valence-corrected chi connectivity index (χ1v) is 6.76. The first kappa shape index (κ1) is 15.3. The third kappa shape index (κ3) is 3.92. The van der Waals surface area contributed by atoms with Crippen LogP contribution in [0.4, 0.5) is 4.39 Å². The van der Waals surface area contributed by atoms with E-state index in [1.807, 2.05) is 6.92 Å². The smallest absolute Gasteiger partial charge is 0.251 e. The van der Waals surface area contributed by atoms with Crippen LogP contribution in [0.25, 0.3) is 0 Å². The molecule has 21 heavy (non-hydrogen) atoms. The monoisotopic (exact) mass is 291 g/mol. The maximum atomic E-state index is 12.8. The van der Waals surface area contributed by atoms with Crippen LogP contribution in [0.5, 0.6) is 0 Å². The highest BCUT2D eigenvalue weighted by Gasteiger charge is 2.14. The molecule has 0 saturated carbocycles. The molecule has 1 atom stereocenters. The standard InChI is InChI=1S/C16H18FNO3/c1-10-9-14(11(2)21-10)15(19)7-8-18-16(20)12-3-5-13(17)6-4-12/h3-6,9,15,19H,7-8H2,1-2H3,(H,18,20). The zero-order valence-electron chi connectivity index (χ0n) is 12.0. The summed E-state index contributed by atoms with van der Waals surface area (Å²) in [5.41, 5.74) is 1.13. The Kier molecular flexibility index (Phi) is 4.75. The Morgan fingerprint density at radius 3 is 2.57 bits per heavy atom. The molecule has 4 nitrogen and oxygen atoms in total. The second-order valence-electron chi connectivity index (χ2n) is 4.94. The maximum Gasteiger partial charge on any atom is 0.251 e. The van der Waals surface area contributed by atoms with Crippen LogP contribution in [0.15, 0.2) is 34.7 Å². The van der Waals surface area contributed by atoms with Gasteiger partial charge in [-0.3, -0.25) is 4.79 Å². The number of halogens is 1. The molecule has 0 radical (unpaired) electrons. The van der Waals surface area contributed by atoms with Gasteiger partial charge in [0.1, 0.15) is 17.3 Å². The van der Waals surface area contributed by atoms with Gasteiger partial charge >= 0.3 is 0 Å². The van der Waals surface area contributed by atoms with Gasteiger partial charge in [0, 0.05) is 17.7 Å². The number of aliphatic hydroxyl groups is 1. The van der Waals surface area contributed by atoms with Crippen LogP contribution in [0.3, 0.4) is 0 Å². The van der Waals surface area contributed by atoms with E-state index < -0.39 is 6.10 Å². The van der Waals surface area contributed by atoms with Gasteiger partial charge in [0.2, 0.25) is 0 Å². The fourth-order valence-corrected chi connectivity index (χ4v) is 2.16. The molecular weight excluding hydrogens is 273 g/mol. The lowest BCUT2D eigenvalue weighted by atomic mass is 10.1. The number of aliphatic hydroxyl groups excluding tert-OH is 1. The molecule has 0 aliphatic carbocycles. The van der Waals surface area contributed by atoms with Gasteiger partial charge < -0.3 is 14.8 Å². The first-order chi connectivity index (χ1) is 9.97. The van der Waals surface area contributed by atoms with Crippen molar-refractivity contribution in [2.75, 3.05) is 6.54 Å². The third-order valence-electron chi connectivity index (χ3n) is 3.25. The van der Waals surface area contributed by atoms with Crippen molar-refractivity contribution in [1.82, 2.24) is 5.32 Å². The molecule has 0 fully saturated rings. The molecule has 0 aliphatic rings. The van der Waals surface area contributed by atoms with Crippen molar-refractivity contribution in [2.45, 2.75) is 26.4 Å². The van der Waals surface area contributed by atoms with Crippen LogP contribution in [0.1, 0.15) is 40.0 Å². The van der Waals surface area contributed by atoms with Gasteiger partial charge in [-0.1, -0.05) is 0 Å². The highest BCUT2D eigenvalue weighted by Crippen LogP contribution is 2.23. The molecule has 0 spiro atoms. The van der Waals surface area contributed by atoms with E-state index in [1.54, 1.807) is 13.0 Å². The molecule has 5 heteroatoms. The minimum Gasteiger partial charge on any atom is -0.466 e. The lowest BCUT2D eigenvalue weighted by Crippen LogP contribution is -2.25. The van der Waals surface area contributed by atoms with Gasteiger partial charge in [0.05, 0.1) is 6.10 Å². The molecule has 1 aromatic carbocycles. The Labute approximate surface area is 122 Å². The van der Waals surface area contributed by atoms with Crippen LogP contribution in [0.2, 0.25) is 0 Å². The zero-order valence-corrected chi connectivity index (χ0v) is 12.0. The molecule has 0 saturated heterocycles. The second-order valence-corrected chi connectivity index (χ2v) is 4.94. The summed E-state index contributed by atoms with van der Waals surface area (Å²) in [5, 5.41) is 12.8. The van der Waals surface area contributed by atoms with Crippen molar-refractivity contribution in [1.29, 1.82) is 0 Å². The number of carbonyl (C=O) groups is 1. The van der Waals surface area contributed by atoms with Gasteiger partial charge in [0.25, 0.3) is 5.91 Å². The molecule has 2 rings (SSSR count). The number of carbonyl (C=O) groups excluding carboxylic acids is 1. The number of benzene rings is 1. The highest BCUT2D eigenvalue weighted by atomic mass is 19.1. The summed E-state index contributed by atoms with van der Waals surface area (Å²) in [6, 6.07) is 7.11. The van der Waals surface area contributed by atoms with Gasteiger partial charge in [-0.25, -0.2) is 4.39 Å². The van der Waals surface area contributed by atoms with E-state index in [-0.39, 0.29) is 11.7 Å². The number of nitrogens with one attached hydrogen (secondary N) is 1. The lowest BCUT2D eigenvalue weighted by Gasteiger charge is -2.10. The Bertz CT molecular complexity index is 619. The Morgan fingerprint density at radius 1 is 1.33 bits per heavy atom. The number of aryl methyl sites for hydroxylation is 2. The van der Waals surface area contributed by atoms with E-state index in [1.165, 1.54) is 24.3 Å². The molecule has 1 unspecified atom stereocenters. The fourth-order valence-electron chi connectivity index (χ4n) is 2.16. The molecule has 2 aromatic rings. The summed E-state index contributed by atoms with van der Waals surface area (Å²) < 4.78 is 18.1. The van der Waals surface area contributed by atoms with Crippen molar-refractivity contribution in [3.63, 3.8) is 0 Å². The number of hydrogen-bond acceptors (Lipinski definition) is 3. The molecule has 0 aliphatic heterocycles. The minimum atomic E-state index is -0.684. The first-order valence-electron chi connectivity index (χ1n) is 6.76. The summed E-state index contributed by atoms with van der Waals surface area (Å²) in [5.74, 6) is 0.761. The molecule has 1 amide bonds. The van der Waals surface area contributed by atoms with E-state index in [9.17, 15) is 14.3 Å². The number of hydrogen-bond donors (Lipinski definition) is 2. The van der Waals surface area contributed by atoms with Gasteiger partial charge in [0.15, 0.2) is 0 Å². The van der Waals surface area contributed by atoms with E-state index in [2.05, 4.69) is 5.32 Å². The SMILES string of the molecule is Cc1cc(C(O)CCNC(=O)c2ccc(F)cc2)c(C)o1. The van der Waals surface area contributed by atoms with Gasteiger partial charge in [-0.2, -0.15) is 0 Å². The summed E-state index contributed by atoms with van der Waals surface area (Å²) >= 11 is 0. The number of rotatable bonds is 5.